The van der Waals surface area contributed by atoms with Crippen LogP contribution in [0.15, 0.2) is 41.3 Å². The fourth-order valence-corrected chi connectivity index (χ4v) is 3.33. The van der Waals surface area contributed by atoms with Gasteiger partial charge in [-0.1, -0.05) is 24.3 Å². The third-order valence-corrected chi connectivity index (χ3v) is 5.19. The van der Waals surface area contributed by atoms with Crippen LogP contribution in [-0.2, 0) is 19.7 Å². The number of rotatable bonds is 9. The molecule has 0 spiro atoms. The van der Waals surface area contributed by atoms with Gasteiger partial charge < -0.3 is 21.5 Å². The van der Waals surface area contributed by atoms with Crippen molar-refractivity contribution in [1.82, 2.24) is 5.32 Å². The lowest BCUT2D eigenvalue weighted by molar-refractivity contribution is -0.143. The number of carbonyl (C=O) groups excluding carboxylic acids is 1. The van der Waals surface area contributed by atoms with Gasteiger partial charge in [-0.25, -0.2) is 0 Å². The molecule has 152 valence electrons. The maximum atomic E-state index is 11.8. The lowest BCUT2D eigenvalue weighted by Gasteiger charge is -2.18. The number of nitrogens with two attached hydrogens (primary N) is 1. The van der Waals surface area contributed by atoms with Crippen LogP contribution in [0.1, 0.15) is 19.8 Å². The summed E-state index contributed by atoms with van der Waals surface area (Å²) in [4.78, 5) is 22.6. The summed E-state index contributed by atoms with van der Waals surface area (Å²) in [6.07, 6.45) is 0.00855. The molecule has 2 rings (SSSR count). The smallest absolute Gasteiger partial charge is 0.323 e. The Morgan fingerprint density at radius 1 is 1.11 bits per heavy atom. The number of benzene rings is 2. The van der Waals surface area contributed by atoms with Gasteiger partial charge in [-0.05, 0) is 25.5 Å². The number of nitrogens with one attached hydrogen (secondary N) is 2. The number of carboxylic acid groups (broad SMARTS) is 1. The summed E-state index contributed by atoms with van der Waals surface area (Å²) in [6.45, 7) is 1.99. The Kier molecular flexibility index (Phi) is 6.60. The molecular formula is C18H23N3O6S. The molecule has 1 atom stereocenters. The van der Waals surface area contributed by atoms with Crippen LogP contribution in [-0.4, -0.2) is 48.6 Å². The topological polar surface area (TPSA) is 159 Å². The van der Waals surface area contributed by atoms with E-state index >= 15 is 0 Å². The molecule has 0 heterocycles. The Bertz CT molecular complexity index is 988. The Morgan fingerprint density at radius 2 is 1.75 bits per heavy atom. The minimum atomic E-state index is -4.34. The molecule has 0 radical (unpaired) electrons. The van der Waals surface area contributed by atoms with Crippen molar-refractivity contribution >= 4 is 38.5 Å². The third-order valence-electron chi connectivity index (χ3n) is 4.28. The predicted molar refractivity (Wildman–Crippen MR) is 105 cm³/mol. The van der Waals surface area contributed by atoms with E-state index in [1.807, 2.05) is 0 Å². The maximum Gasteiger partial charge on any atom is 0.323 e. The molecule has 0 aliphatic heterocycles. The third kappa shape index (κ3) is 5.41. The molecule has 1 amide bonds. The van der Waals surface area contributed by atoms with Crippen molar-refractivity contribution in [2.45, 2.75) is 30.2 Å². The summed E-state index contributed by atoms with van der Waals surface area (Å²) < 4.78 is 32.4. The molecule has 9 nitrogen and oxygen atoms in total. The average molecular weight is 409 g/mol. The second-order valence-electron chi connectivity index (χ2n) is 6.63. The molecule has 2 aromatic rings. The predicted octanol–water partition coefficient (Wildman–Crippen LogP) is 1.20. The lowest BCUT2D eigenvalue weighted by atomic mass is 9.97. The number of hydrogen-bond donors (Lipinski definition) is 5. The van der Waals surface area contributed by atoms with Crippen LogP contribution in [0.5, 0.6) is 0 Å². The van der Waals surface area contributed by atoms with E-state index in [1.165, 1.54) is 19.1 Å². The van der Waals surface area contributed by atoms with Crippen molar-refractivity contribution in [3.63, 3.8) is 0 Å². The van der Waals surface area contributed by atoms with Gasteiger partial charge in [-0.15, -0.1) is 0 Å². The van der Waals surface area contributed by atoms with Gasteiger partial charge in [0.1, 0.15) is 10.4 Å². The summed E-state index contributed by atoms with van der Waals surface area (Å²) in [6, 6.07) is 9.59. The standard InChI is InChI=1S/C18H23N3O6S/c1-18(19,17(23)24)9-8-16(22)21-11-10-20-14-6-2-5-13-12(14)4-3-7-15(13)28(25,26)27/h2-7,20H,8-11,19H2,1H3,(H,21,22)(H,23,24)(H,25,26,27)/t18-/m1/s1. The molecule has 28 heavy (non-hydrogen) atoms. The fraction of sp³-hybridized carbons (Fsp3) is 0.333. The fourth-order valence-electron chi connectivity index (χ4n) is 2.63. The number of carboxylic acids is 1. The van der Waals surface area contributed by atoms with E-state index in [4.69, 9.17) is 10.8 Å². The Labute approximate surface area is 162 Å². The Balaban J connectivity index is 1.95. The number of hydrogen-bond acceptors (Lipinski definition) is 6. The molecule has 0 aromatic heterocycles. The monoisotopic (exact) mass is 409 g/mol. The first kappa shape index (κ1) is 21.6. The molecule has 0 aliphatic carbocycles. The molecule has 0 bridgehead atoms. The number of anilines is 1. The zero-order chi connectivity index (χ0) is 20.9. The van der Waals surface area contributed by atoms with E-state index in [0.29, 0.717) is 23.0 Å². The molecule has 0 saturated carbocycles. The van der Waals surface area contributed by atoms with Gasteiger partial charge in [-0.2, -0.15) is 8.42 Å². The first-order valence-corrected chi connectivity index (χ1v) is 9.98. The SMILES string of the molecule is C[C@@](N)(CCC(=O)NCCNc1cccc2c(S(=O)(=O)O)cccc12)C(=O)O. The van der Waals surface area contributed by atoms with Gasteiger partial charge in [0.25, 0.3) is 10.1 Å². The van der Waals surface area contributed by atoms with Gasteiger partial charge >= 0.3 is 5.97 Å². The number of amides is 1. The zero-order valence-corrected chi connectivity index (χ0v) is 16.1. The van der Waals surface area contributed by atoms with E-state index in [2.05, 4.69) is 10.6 Å². The van der Waals surface area contributed by atoms with Gasteiger partial charge in [0.2, 0.25) is 5.91 Å². The molecule has 0 unspecified atom stereocenters. The molecule has 6 N–H and O–H groups in total. The average Bonchev–Trinajstić information content (AvgIpc) is 2.62. The Morgan fingerprint density at radius 3 is 2.39 bits per heavy atom. The summed E-state index contributed by atoms with van der Waals surface area (Å²) in [5.74, 6) is -1.48. The van der Waals surface area contributed by atoms with Crippen LogP contribution >= 0.6 is 0 Å². The zero-order valence-electron chi connectivity index (χ0n) is 15.3. The quantitative estimate of drug-likeness (QED) is 0.305. The number of aliphatic carboxylic acids is 1. The van der Waals surface area contributed by atoms with Crippen molar-refractivity contribution in [2.75, 3.05) is 18.4 Å². The van der Waals surface area contributed by atoms with E-state index in [1.54, 1.807) is 24.3 Å². The van der Waals surface area contributed by atoms with Gasteiger partial charge in [0.05, 0.1) is 0 Å². The summed E-state index contributed by atoms with van der Waals surface area (Å²) in [5.41, 5.74) is 4.78. The molecule has 0 aliphatic rings. The highest BCUT2D eigenvalue weighted by atomic mass is 32.2. The molecule has 10 heteroatoms. The molecule has 0 saturated heterocycles. The van der Waals surface area contributed by atoms with E-state index < -0.39 is 21.6 Å². The van der Waals surface area contributed by atoms with E-state index in [-0.39, 0.29) is 30.2 Å². The van der Waals surface area contributed by atoms with Crippen molar-refractivity contribution in [3.05, 3.63) is 36.4 Å². The van der Waals surface area contributed by atoms with Crippen molar-refractivity contribution in [1.29, 1.82) is 0 Å². The summed E-state index contributed by atoms with van der Waals surface area (Å²) >= 11 is 0. The van der Waals surface area contributed by atoms with Crippen LogP contribution < -0.4 is 16.4 Å². The highest BCUT2D eigenvalue weighted by Crippen LogP contribution is 2.28. The molecular weight excluding hydrogens is 386 g/mol. The normalized spacial score (nSPS) is 13.7. The van der Waals surface area contributed by atoms with Gasteiger partial charge in [0, 0.05) is 36.0 Å². The maximum absolute atomic E-state index is 11.8. The van der Waals surface area contributed by atoms with Crippen LogP contribution in [0, 0.1) is 0 Å². The number of carbonyl (C=O) groups is 2. The first-order valence-electron chi connectivity index (χ1n) is 8.54. The van der Waals surface area contributed by atoms with Crippen LogP contribution in [0.25, 0.3) is 10.8 Å². The summed E-state index contributed by atoms with van der Waals surface area (Å²) in [7, 11) is -4.34. The molecule has 2 aromatic carbocycles. The van der Waals surface area contributed by atoms with Crippen molar-refractivity contribution in [3.8, 4) is 0 Å². The van der Waals surface area contributed by atoms with Gasteiger partial charge in [0.15, 0.2) is 0 Å². The van der Waals surface area contributed by atoms with Gasteiger partial charge in [-0.3, -0.25) is 14.1 Å². The van der Waals surface area contributed by atoms with E-state index in [9.17, 15) is 22.6 Å². The second-order valence-corrected chi connectivity index (χ2v) is 8.02. The Hall–Kier alpha value is -2.69. The van der Waals surface area contributed by atoms with Crippen LogP contribution in [0.4, 0.5) is 5.69 Å². The largest absolute Gasteiger partial charge is 0.480 e. The van der Waals surface area contributed by atoms with Crippen molar-refractivity contribution in [2.24, 2.45) is 5.73 Å². The number of fused-ring (bicyclic) bond motifs is 1. The van der Waals surface area contributed by atoms with E-state index in [0.717, 1.165) is 0 Å². The van der Waals surface area contributed by atoms with Crippen molar-refractivity contribution < 1.29 is 27.7 Å². The second kappa shape index (κ2) is 8.55. The highest BCUT2D eigenvalue weighted by molar-refractivity contribution is 7.86. The minimum Gasteiger partial charge on any atom is -0.480 e. The molecule has 0 fully saturated rings. The minimum absolute atomic E-state index is 0.00864. The van der Waals surface area contributed by atoms with Crippen LogP contribution in [0.3, 0.4) is 0 Å². The lowest BCUT2D eigenvalue weighted by Crippen LogP contribution is -2.45. The summed E-state index contributed by atoms with van der Waals surface area (Å²) in [5, 5.41) is 15.7. The first-order chi connectivity index (χ1) is 13.0. The van der Waals surface area contributed by atoms with Crippen LogP contribution in [0.2, 0.25) is 0 Å². The highest BCUT2D eigenvalue weighted by Gasteiger charge is 2.28.